The van der Waals surface area contributed by atoms with Crippen LogP contribution in [0.1, 0.15) is 31.8 Å². The number of hydrazone groups is 1. The second-order valence-corrected chi connectivity index (χ2v) is 11.2. The fraction of sp³-hybridized carbons (Fsp3) is 0.0625. The third-order valence-electron chi connectivity index (χ3n) is 6.45. The minimum Gasteiger partial charge on any atom is -0.454 e. The molecule has 0 bridgehead atoms. The molecule has 0 aliphatic carbocycles. The molecule has 0 aromatic heterocycles. The molecule has 0 saturated heterocycles. The molecule has 45 heavy (non-hydrogen) atoms. The Bertz CT molecular complexity index is 1880. The van der Waals surface area contributed by atoms with Gasteiger partial charge in [0, 0.05) is 15.6 Å². The van der Waals surface area contributed by atoms with Gasteiger partial charge in [-0.15, -0.1) is 0 Å². The molecule has 0 atom stereocenters. The Labute approximate surface area is 273 Å². The number of amides is 2. The molecule has 0 unspecified atom stereocenters. The van der Waals surface area contributed by atoms with Gasteiger partial charge >= 0.3 is 5.97 Å². The first-order valence-corrected chi connectivity index (χ1v) is 14.8. The maximum Gasteiger partial charge on any atom is 0.343 e. The van der Waals surface area contributed by atoms with E-state index in [1.807, 2.05) is 0 Å². The average molecular weight is 735 g/mol. The Morgan fingerprint density at radius 2 is 1.47 bits per heavy atom. The van der Waals surface area contributed by atoms with Crippen LogP contribution in [0.15, 0.2) is 98.6 Å². The highest BCUT2D eigenvalue weighted by Crippen LogP contribution is 2.36. The SMILES string of the molecule is O=C(N/N=C\c1cc(Br)cc(Br)c1OC(=O)c1ccc2c(c1)OCO2)/C(=C\c1ccc2c(c1)OCO2)NC(=O)c1ccccc1. The molecule has 2 N–H and O–H groups in total. The smallest absolute Gasteiger partial charge is 0.343 e. The predicted molar refractivity (Wildman–Crippen MR) is 170 cm³/mol. The van der Waals surface area contributed by atoms with Crippen molar-refractivity contribution in [1.29, 1.82) is 0 Å². The van der Waals surface area contributed by atoms with Gasteiger partial charge in [0.15, 0.2) is 28.7 Å². The molecule has 4 aromatic carbocycles. The van der Waals surface area contributed by atoms with E-state index < -0.39 is 17.8 Å². The van der Waals surface area contributed by atoms with E-state index >= 15 is 0 Å². The van der Waals surface area contributed by atoms with Gasteiger partial charge in [-0.1, -0.05) is 40.2 Å². The van der Waals surface area contributed by atoms with Crippen LogP contribution in [0.25, 0.3) is 6.08 Å². The number of rotatable bonds is 8. The van der Waals surface area contributed by atoms with Crippen LogP contribution in [0.5, 0.6) is 28.7 Å². The number of fused-ring (bicyclic) bond motifs is 2. The van der Waals surface area contributed by atoms with Gasteiger partial charge in [-0.25, -0.2) is 10.2 Å². The third kappa shape index (κ3) is 7.00. The second-order valence-electron chi connectivity index (χ2n) is 9.45. The van der Waals surface area contributed by atoms with E-state index in [-0.39, 0.29) is 30.6 Å². The van der Waals surface area contributed by atoms with E-state index in [0.717, 1.165) is 0 Å². The quantitative estimate of drug-likeness (QED) is 0.0762. The molecule has 6 rings (SSSR count). The van der Waals surface area contributed by atoms with Gasteiger partial charge in [0.1, 0.15) is 5.70 Å². The van der Waals surface area contributed by atoms with E-state index in [4.69, 9.17) is 23.7 Å². The largest absolute Gasteiger partial charge is 0.454 e. The standard InChI is InChI=1S/C32H21Br2N3O8/c33-22-12-21(29(23(34)14-22)45-32(40)20-7-9-26-28(13-20)44-17-42-26)15-35-37-31(39)24(36-30(38)19-4-2-1-3-5-19)10-18-6-8-25-27(11-18)43-16-41-25/h1-15H,16-17H2,(H,36,38)(H,37,39)/b24-10+,35-15-. The van der Waals surface area contributed by atoms with Crippen molar-refractivity contribution in [3.8, 4) is 28.7 Å². The van der Waals surface area contributed by atoms with Gasteiger partial charge in [0.25, 0.3) is 11.8 Å². The topological polar surface area (TPSA) is 134 Å². The first-order valence-electron chi connectivity index (χ1n) is 13.3. The third-order valence-corrected chi connectivity index (χ3v) is 7.49. The van der Waals surface area contributed by atoms with Crippen molar-refractivity contribution < 1.29 is 38.1 Å². The first-order chi connectivity index (χ1) is 21.8. The second kappa shape index (κ2) is 13.2. The van der Waals surface area contributed by atoms with E-state index in [2.05, 4.69) is 47.7 Å². The number of hydrogen-bond donors (Lipinski definition) is 2. The van der Waals surface area contributed by atoms with Crippen molar-refractivity contribution in [2.24, 2.45) is 5.10 Å². The van der Waals surface area contributed by atoms with Gasteiger partial charge in [-0.2, -0.15) is 5.10 Å². The van der Waals surface area contributed by atoms with Crippen molar-refractivity contribution in [3.05, 3.63) is 116 Å². The molecule has 0 radical (unpaired) electrons. The number of ether oxygens (including phenoxy) is 5. The highest BCUT2D eigenvalue weighted by atomic mass is 79.9. The molecule has 2 heterocycles. The summed E-state index contributed by atoms with van der Waals surface area (Å²) in [5.74, 6) is 0.376. The van der Waals surface area contributed by atoms with Crippen molar-refractivity contribution in [3.63, 3.8) is 0 Å². The Balaban J connectivity index is 1.23. The zero-order chi connectivity index (χ0) is 31.3. The summed E-state index contributed by atoms with van der Waals surface area (Å²) in [6.45, 7) is 0.164. The normalized spacial score (nSPS) is 13.1. The molecule has 226 valence electrons. The molecule has 2 amide bonds. The van der Waals surface area contributed by atoms with Crippen LogP contribution < -0.4 is 34.4 Å². The van der Waals surface area contributed by atoms with Crippen LogP contribution >= 0.6 is 31.9 Å². The van der Waals surface area contributed by atoms with E-state index in [1.165, 1.54) is 18.4 Å². The fourth-order valence-electron chi connectivity index (χ4n) is 4.29. The van der Waals surface area contributed by atoms with Crippen LogP contribution in [0, 0.1) is 0 Å². The summed E-state index contributed by atoms with van der Waals surface area (Å²) in [5.41, 5.74) is 3.90. The summed E-state index contributed by atoms with van der Waals surface area (Å²) < 4.78 is 28.3. The van der Waals surface area contributed by atoms with Crippen molar-refractivity contribution >= 4 is 61.9 Å². The van der Waals surface area contributed by atoms with Gasteiger partial charge in [0.2, 0.25) is 13.6 Å². The number of benzene rings is 4. The van der Waals surface area contributed by atoms with Crippen LogP contribution in [0.4, 0.5) is 0 Å². The number of nitrogens with one attached hydrogen (secondary N) is 2. The van der Waals surface area contributed by atoms with Gasteiger partial charge in [-0.05, 0) is 82.2 Å². The number of carbonyl (C=O) groups excluding carboxylic acids is 3. The molecule has 2 aliphatic heterocycles. The lowest BCUT2D eigenvalue weighted by molar-refractivity contribution is -0.117. The number of halogens is 2. The van der Waals surface area contributed by atoms with Gasteiger partial charge < -0.3 is 29.0 Å². The highest BCUT2D eigenvalue weighted by molar-refractivity contribution is 9.11. The molecule has 0 fully saturated rings. The molecular formula is C32H21Br2N3O8. The monoisotopic (exact) mass is 733 g/mol. The zero-order valence-electron chi connectivity index (χ0n) is 23.0. The summed E-state index contributed by atoms with van der Waals surface area (Å²) >= 11 is 6.84. The lowest BCUT2D eigenvalue weighted by Crippen LogP contribution is -2.32. The van der Waals surface area contributed by atoms with Gasteiger partial charge in [0.05, 0.1) is 16.3 Å². The molecule has 13 heteroatoms. The van der Waals surface area contributed by atoms with Crippen LogP contribution in [0.3, 0.4) is 0 Å². The minimum absolute atomic E-state index is 0.0714. The predicted octanol–water partition coefficient (Wildman–Crippen LogP) is 5.81. The van der Waals surface area contributed by atoms with Crippen molar-refractivity contribution in [2.45, 2.75) is 0 Å². The van der Waals surface area contributed by atoms with Crippen LogP contribution in [-0.4, -0.2) is 37.6 Å². The van der Waals surface area contributed by atoms with Crippen molar-refractivity contribution in [1.82, 2.24) is 10.7 Å². The minimum atomic E-state index is -0.707. The summed E-state index contributed by atoms with van der Waals surface area (Å²) in [6, 6.07) is 21.7. The Morgan fingerprint density at radius 3 is 2.22 bits per heavy atom. The van der Waals surface area contributed by atoms with Crippen molar-refractivity contribution in [2.75, 3.05) is 13.6 Å². The Kier molecular flexibility index (Phi) is 8.80. The number of carbonyl (C=O) groups is 3. The fourth-order valence-corrected chi connectivity index (χ4v) is 5.63. The zero-order valence-corrected chi connectivity index (χ0v) is 26.2. The molecule has 4 aromatic rings. The molecular weight excluding hydrogens is 714 g/mol. The van der Waals surface area contributed by atoms with E-state index in [1.54, 1.807) is 72.8 Å². The maximum absolute atomic E-state index is 13.3. The Morgan fingerprint density at radius 1 is 0.778 bits per heavy atom. The van der Waals surface area contributed by atoms with Crippen LogP contribution in [0.2, 0.25) is 0 Å². The first kappa shape index (κ1) is 29.9. The summed E-state index contributed by atoms with van der Waals surface area (Å²) in [6.07, 6.45) is 2.80. The van der Waals surface area contributed by atoms with Gasteiger partial charge in [-0.3, -0.25) is 9.59 Å². The summed E-state index contributed by atoms with van der Waals surface area (Å²) in [4.78, 5) is 39.3. The highest BCUT2D eigenvalue weighted by Gasteiger charge is 2.21. The van der Waals surface area contributed by atoms with Crippen LogP contribution in [-0.2, 0) is 4.79 Å². The number of nitrogens with zero attached hydrogens (tertiary/aromatic N) is 1. The number of hydrogen-bond acceptors (Lipinski definition) is 9. The molecule has 0 saturated carbocycles. The molecule has 11 nitrogen and oxygen atoms in total. The van der Waals surface area contributed by atoms with E-state index in [0.29, 0.717) is 48.6 Å². The summed E-state index contributed by atoms with van der Waals surface area (Å²) in [5, 5.41) is 6.73. The molecule has 2 aliphatic rings. The molecule has 0 spiro atoms. The Hall–Kier alpha value is -5.14. The maximum atomic E-state index is 13.3. The lowest BCUT2D eigenvalue weighted by atomic mass is 10.1. The van der Waals surface area contributed by atoms with E-state index in [9.17, 15) is 14.4 Å². The number of esters is 1. The lowest BCUT2D eigenvalue weighted by Gasteiger charge is -2.11. The summed E-state index contributed by atoms with van der Waals surface area (Å²) in [7, 11) is 0. The average Bonchev–Trinajstić information content (AvgIpc) is 3.71.